The number of aromatic nitrogens is 2. The van der Waals surface area contributed by atoms with Gasteiger partial charge >= 0.3 is 12.3 Å². The topological polar surface area (TPSA) is 75.6 Å². The summed E-state index contributed by atoms with van der Waals surface area (Å²) in [7, 11) is 0. The Bertz CT molecular complexity index is 1900. The van der Waals surface area contributed by atoms with Gasteiger partial charge in [-0.3, -0.25) is 9.69 Å². The third-order valence-corrected chi connectivity index (χ3v) is 8.93. The van der Waals surface area contributed by atoms with Crippen molar-refractivity contribution in [3.8, 4) is 22.3 Å². The fourth-order valence-electron chi connectivity index (χ4n) is 6.41. The van der Waals surface area contributed by atoms with E-state index >= 15 is 0 Å². The molecule has 250 valence electrons. The van der Waals surface area contributed by atoms with Crippen LogP contribution >= 0.6 is 0 Å². The minimum atomic E-state index is -4.58. The van der Waals surface area contributed by atoms with E-state index in [0.717, 1.165) is 46.2 Å². The highest BCUT2D eigenvalue weighted by Crippen LogP contribution is 2.40. The molecule has 3 heterocycles. The first-order valence-electron chi connectivity index (χ1n) is 15.5. The summed E-state index contributed by atoms with van der Waals surface area (Å²) in [5, 5.41) is 0. The molecule has 2 aliphatic rings. The third-order valence-electron chi connectivity index (χ3n) is 8.93. The molecule has 0 aliphatic carbocycles. The lowest BCUT2D eigenvalue weighted by atomic mass is 9.91. The molecule has 1 amide bonds. The smallest absolute Gasteiger partial charge is 0.416 e. The summed E-state index contributed by atoms with van der Waals surface area (Å²) in [6.45, 7) is 5.93. The largest absolute Gasteiger partial charge is 0.439 e. The molecule has 48 heavy (non-hydrogen) atoms. The Kier molecular flexibility index (Phi) is 8.47. The highest BCUT2D eigenvalue weighted by molar-refractivity contribution is 5.81. The highest BCUT2D eigenvalue weighted by atomic mass is 19.4. The van der Waals surface area contributed by atoms with Crippen LogP contribution in [-0.2, 0) is 23.9 Å². The summed E-state index contributed by atoms with van der Waals surface area (Å²) in [6.07, 6.45) is -3.31. The van der Waals surface area contributed by atoms with E-state index in [1.807, 2.05) is 38.1 Å². The van der Waals surface area contributed by atoms with Crippen molar-refractivity contribution in [2.45, 2.75) is 64.9 Å². The molecule has 1 aromatic heterocycles. The Balaban J connectivity index is 1.41. The van der Waals surface area contributed by atoms with Crippen LogP contribution < -0.4 is 4.90 Å². The molecule has 0 spiro atoms. The van der Waals surface area contributed by atoms with Gasteiger partial charge in [0.25, 0.3) is 5.92 Å². The van der Waals surface area contributed by atoms with Gasteiger partial charge in [-0.25, -0.2) is 23.5 Å². The second kappa shape index (κ2) is 12.3. The van der Waals surface area contributed by atoms with E-state index in [-0.39, 0.29) is 18.1 Å². The van der Waals surface area contributed by atoms with Gasteiger partial charge in [-0.1, -0.05) is 42.8 Å². The number of carbonyl (C=O) groups is 2. The van der Waals surface area contributed by atoms with Crippen molar-refractivity contribution in [2.75, 3.05) is 18.0 Å². The molecule has 12 heteroatoms. The Hall–Kier alpha value is -4.87. The minimum absolute atomic E-state index is 0.0828. The average Bonchev–Trinajstić information content (AvgIpc) is 3.31. The van der Waals surface area contributed by atoms with Gasteiger partial charge in [0.1, 0.15) is 12.4 Å². The Morgan fingerprint density at radius 2 is 1.75 bits per heavy atom. The van der Waals surface area contributed by atoms with Gasteiger partial charge in [0, 0.05) is 17.3 Å². The number of cyclic esters (lactones) is 1. The van der Waals surface area contributed by atoms with Gasteiger partial charge in [0.05, 0.1) is 36.9 Å². The predicted molar refractivity (Wildman–Crippen MR) is 170 cm³/mol. The molecule has 0 saturated carbocycles. The van der Waals surface area contributed by atoms with Gasteiger partial charge in [0.15, 0.2) is 0 Å². The van der Waals surface area contributed by atoms with Crippen molar-refractivity contribution in [3.05, 3.63) is 99.9 Å². The maximum atomic E-state index is 13.8. The standard InChI is InChI=1S/C36H33F5N4O3/c1-5-24-7-8-25(28-9-6-23(17-46)12-21(28)3)14-29(24)30-15-42-33(44-18-35(37,38)19-44)43-31(30)16-45-22(4)32(48-34(45)47)26-10-20(2)11-27(13-26)36(39,40)41/h6-15,17,22,32H,5,16,18-19H2,1-4H3/t22-,32-/m0/s1. The molecule has 2 aliphatic heterocycles. The van der Waals surface area contributed by atoms with Crippen LogP contribution in [-0.4, -0.2) is 52.3 Å². The van der Waals surface area contributed by atoms with Crippen LogP contribution in [0.1, 0.15) is 63.8 Å². The van der Waals surface area contributed by atoms with Crippen LogP contribution in [0.25, 0.3) is 22.3 Å². The van der Waals surface area contributed by atoms with E-state index in [9.17, 15) is 31.5 Å². The summed E-state index contributed by atoms with van der Waals surface area (Å²) in [5.41, 5.74) is 5.64. The molecule has 0 radical (unpaired) electrons. The molecule has 7 nitrogen and oxygen atoms in total. The Labute approximate surface area is 274 Å². The van der Waals surface area contributed by atoms with Gasteiger partial charge in [-0.05, 0) is 84.8 Å². The number of carbonyl (C=O) groups excluding carboxylic acids is 2. The number of ether oxygens (including phenoxy) is 1. The van der Waals surface area contributed by atoms with Crippen LogP contribution in [0.2, 0.25) is 0 Å². The molecule has 2 fully saturated rings. The third kappa shape index (κ3) is 6.35. The average molecular weight is 665 g/mol. The van der Waals surface area contributed by atoms with Gasteiger partial charge in [0.2, 0.25) is 5.95 Å². The van der Waals surface area contributed by atoms with Gasteiger partial charge in [-0.2, -0.15) is 13.2 Å². The lowest BCUT2D eigenvalue weighted by Gasteiger charge is -2.38. The SMILES string of the molecule is CCc1ccc(-c2ccc(C=O)cc2C)cc1-c1cnc(N2CC(F)(F)C2)nc1CN1C(=O)O[C@H](c2cc(C)cc(C(F)(F)F)c2)[C@@H]1C. The maximum Gasteiger partial charge on any atom is 0.416 e. The molecule has 4 aromatic rings. The number of nitrogens with zero attached hydrogens (tertiary/aromatic N) is 4. The van der Waals surface area contributed by atoms with E-state index in [1.54, 1.807) is 38.2 Å². The van der Waals surface area contributed by atoms with Gasteiger partial charge in [-0.15, -0.1) is 0 Å². The number of amides is 1. The van der Waals surface area contributed by atoms with Crippen molar-refractivity contribution in [2.24, 2.45) is 0 Å². The number of anilines is 1. The molecule has 0 unspecified atom stereocenters. The fourth-order valence-corrected chi connectivity index (χ4v) is 6.41. The number of aldehydes is 1. The fraction of sp³-hybridized carbons (Fsp3) is 0.333. The van der Waals surface area contributed by atoms with E-state index in [4.69, 9.17) is 4.74 Å². The zero-order chi connectivity index (χ0) is 34.5. The zero-order valence-electron chi connectivity index (χ0n) is 26.7. The minimum Gasteiger partial charge on any atom is -0.439 e. The molecule has 0 bridgehead atoms. The van der Waals surface area contributed by atoms with Crippen LogP contribution in [0.4, 0.5) is 32.7 Å². The molecule has 3 aromatic carbocycles. The molecule has 2 saturated heterocycles. The number of benzene rings is 3. The number of hydrogen-bond donors (Lipinski definition) is 0. The van der Waals surface area contributed by atoms with E-state index < -0.39 is 49.0 Å². The number of rotatable bonds is 8. The summed E-state index contributed by atoms with van der Waals surface area (Å²) < 4.78 is 74.1. The number of alkyl halides is 5. The molecule has 6 rings (SSSR count). The highest BCUT2D eigenvalue weighted by Gasteiger charge is 2.46. The van der Waals surface area contributed by atoms with Crippen LogP contribution in [0.15, 0.2) is 60.8 Å². The Morgan fingerprint density at radius 3 is 2.40 bits per heavy atom. The normalized spacial score (nSPS) is 18.9. The number of aryl methyl sites for hydroxylation is 3. The second-order valence-corrected chi connectivity index (χ2v) is 12.5. The van der Waals surface area contributed by atoms with Crippen molar-refractivity contribution < 1.29 is 36.3 Å². The van der Waals surface area contributed by atoms with E-state index in [1.165, 1.54) is 9.80 Å². The molecular weight excluding hydrogens is 631 g/mol. The lowest BCUT2D eigenvalue weighted by Crippen LogP contribution is -2.57. The molecule has 2 atom stereocenters. The monoisotopic (exact) mass is 664 g/mol. The lowest BCUT2D eigenvalue weighted by molar-refractivity contribution is -0.137. The van der Waals surface area contributed by atoms with Crippen molar-refractivity contribution in [1.29, 1.82) is 0 Å². The summed E-state index contributed by atoms with van der Waals surface area (Å²) in [6, 6.07) is 14.2. The molecule has 0 N–H and O–H groups in total. The number of hydrogen-bond acceptors (Lipinski definition) is 6. The van der Waals surface area contributed by atoms with Crippen LogP contribution in [0.5, 0.6) is 0 Å². The van der Waals surface area contributed by atoms with Crippen molar-refractivity contribution in [3.63, 3.8) is 0 Å². The van der Waals surface area contributed by atoms with E-state index in [0.29, 0.717) is 28.8 Å². The van der Waals surface area contributed by atoms with Crippen molar-refractivity contribution in [1.82, 2.24) is 14.9 Å². The first kappa shape index (κ1) is 33.0. The molecular formula is C36H33F5N4O3. The second-order valence-electron chi connectivity index (χ2n) is 12.5. The first-order chi connectivity index (χ1) is 22.7. The predicted octanol–water partition coefficient (Wildman–Crippen LogP) is 8.36. The van der Waals surface area contributed by atoms with Crippen LogP contribution in [0, 0.1) is 13.8 Å². The quantitative estimate of drug-likeness (QED) is 0.139. The summed E-state index contributed by atoms with van der Waals surface area (Å²) in [5.74, 6) is -2.79. The van der Waals surface area contributed by atoms with Crippen LogP contribution in [0.3, 0.4) is 0 Å². The van der Waals surface area contributed by atoms with Gasteiger partial charge < -0.3 is 9.64 Å². The first-order valence-corrected chi connectivity index (χ1v) is 15.5. The Morgan fingerprint density at radius 1 is 1.00 bits per heavy atom. The number of halogens is 5. The summed E-state index contributed by atoms with van der Waals surface area (Å²) >= 11 is 0. The zero-order valence-corrected chi connectivity index (χ0v) is 26.7. The summed E-state index contributed by atoms with van der Waals surface area (Å²) in [4.78, 5) is 36.5. The van der Waals surface area contributed by atoms with Crippen molar-refractivity contribution >= 4 is 18.3 Å². The van der Waals surface area contributed by atoms with E-state index in [2.05, 4.69) is 9.97 Å². The maximum absolute atomic E-state index is 13.8.